The van der Waals surface area contributed by atoms with Gasteiger partial charge in [0, 0.05) is 28.8 Å². The Morgan fingerprint density at radius 3 is 2.78 bits per heavy atom. The van der Waals surface area contributed by atoms with E-state index < -0.39 is 11.4 Å². The third kappa shape index (κ3) is 3.12. The standard InChI is InChI=1S/C23H16FN7O/c24-19-12-28-22(32)8-17(19)15-6-18(16-2-1-5-27-20(16)7-15)21-13-29-31(30-21)23(3-4-25)9-14(10-23)11-26/h1-2,5-8,12-14H,3,9-10H2,(H,28,32). The molecule has 0 bridgehead atoms. The Bertz CT molecular complexity index is 1430. The lowest BCUT2D eigenvalue weighted by molar-refractivity contribution is 0.0713. The van der Waals surface area contributed by atoms with Crippen molar-refractivity contribution in [1.82, 2.24) is 25.0 Å². The van der Waals surface area contributed by atoms with Gasteiger partial charge in [0.15, 0.2) is 0 Å². The van der Waals surface area contributed by atoms with Crippen molar-refractivity contribution in [3.05, 3.63) is 54.7 Å². The SMILES string of the molecule is N#CCC1(n2ncc(-c3cc(-c4cc(O)ncc4F)cc4ncccc34)n2)CC(C#N)C1. The summed E-state index contributed by atoms with van der Waals surface area (Å²) in [4.78, 5) is 9.51. The molecule has 4 aromatic rings. The van der Waals surface area contributed by atoms with Crippen LogP contribution in [0.2, 0.25) is 0 Å². The number of aromatic hydroxyl groups is 1. The van der Waals surface area contributed by atoms with E-state index in [1.807, 2.05) is 6.07 Å². The van der Waals surface area contributed by atoms with E-state index in [0.717, 1.165) is 11.6 Å². The van der Waals surface area contributed by atoms with Crippen molar-refractivity contribution in [3.63, 3.8) is 0 Å². The zero-order valence-corrected chi connectivity index (χ0v) is 16.8. The van der Waals surface area contributed by atoms with Crippen LogP contribution >= 0.6 is 0 Å². The van der Waals surface area contributed by atoms with Crippen LogP contribution in [0.4, 0.5) is 4.39 Å². The Labute approximate surface area is 182 Å². The van der Waals surface area contributed by atoms with Gasteiger partial charge >= 0.3 is 0 Å². The highest BCUT2D eigenvalue weighted by atomic mass is 19.1. The number of nitrogens with zero attached hydrogens (tertiary/aromatic N) is 7. The Morgan fingerprint density at radius 1 is 1.16 bits per heavy atom. The minimum absolute atomic E-state index is 0.117. The smallest absolute Gasteiger partial charge is 0.211 e. The Kier molecular flexibility index (Phi) is 4.53. The Hall–Kier alpha value is -4.37. The molecule has 1 aromatic carbocycles. The maximum atomic E-state index is 14.5. The summed E-state index contributed by atoms with van der Waals surface area (Å²) in [6, 6.07) is 12.9. The van der Waals surface area contributed by atoms with Gasteiger partial charge in [0.1, 0.15) is 11.5 Å². The molecular weight excluding hydrogens is 409 g/mol. The largest absolute Gasteiger partial charge is 0.493 e. The summed E-state index contributed by atoms with van der Waals surface area (Å²) >= 11 is 0. The van der Waals surface area contributed by atoms with Crippen LogP contribution in [-0.4, -0.2) is 30.1 Å². The normalized spacial score (nSPS) is 19.8. The minimum atomic E-state index is -0.595. The summed E-state index contributed by atoms with van der Waals surface area (Å²) in [6.07, 6.45) is 5.47. The predicted octanol–water partition coefficient (Wildman–Crippen LogP) is 3.94. The summed E-state index contributed by atoms with van der Waals surface area (Å²) < 4.78 is 14.5. The molecule has 3 heterocycles. The van der Waals surface area contributed by atoms with E-state index in [1.165, 1.54) is 10.9 Å². The van der Waals surface area contributed by atoms with E-state index in [1.54, 1.807) is 30.6 Å². The van der Waals surface area contributed by atoms with Crippen molar-refractivity contribution in [2.24, 2.45) is 5.92 Å². The molecule has 0 aliphatic heterocycles. The first kappa shape index (κ1) is 19.6. The molecule has 0 unspecified atom stereocenters. The van der Waals surface area contributed by atoms with Gasteiger partial charge in [-0.15, -0.1) is 0 Å². The highest BCUT2D eigenvalue weighted by Gasteiger charge is 2.48. The van der Waals surface area contributed by atoms with Crippen LogP contribution < -0.4 is 0 Å². The van der Waals surface area contributed by atoms with Crippen LogP contribution in [0.15, 0.2) is 48.9 Å². The summed E-state index contributed by atoms with van der Waals surface area (Å²) in [5, 5.41) is 38.1. The van der Waals surface area contributed by atoms with E-state index >= 15 is 0 Å². The fourth-order valence-corrected chi connectivity index (χ4v) is 4.29. The molecule has 5 rings (SSSR count). The van der Waals surface area contributed by atoms with E-state index in [-0.39, 0.29) is 23.8 Å². The number of fused-ring (bicyclic) bond motifs is 1. The van der Waals surface area contributed by atoms with Gasteiger partial charge in [-0.3, -0.25) is 4.98 Å². The van der Waals surface area contributed by atoms with Gasteiger partial charge in [0.05, 0.1) is 47.9 Å². The van der Waals surface area contributed by atoms with Crippen molar-refractivity contribution in [3.8, 4) is 40.4 Å². The molecule has 1 aliphatic carbocycles. The van der Waals surface area contributed by atoms with Gasteiger partial charge in [0.25, 0.3) is 0 Å². The summed E-state index contributed by atoms with van der Waals surface area (Å²) in [6.45, 7) is 0. The quantitative estimate of drug-likeness (QED) is 0.525. The summed E-state index contributed by atoms with van der Waals surface area (Å²) in [7, 11) is 0. The predicted molar refractivity (Wildman–Crippen MR) is 112 cm³/mol. The van der Waals surface area contributed by atoms with Crippen LogP contribution in [0.25, 0.3) is 33.3 Å². The van der Waals surface area contributed by atoms with Crippen LogP contribution in [0, 0.1) is 34.4 Å². The first-order chi connectivity index (χ1) is 15.5. The number of pyridine rings is 2. The van der Waals surface area contributed by atoms with Gasteiger partial charge in [-0.2, -0.15) is 25.5 Å². The molecule has 1 aliphatic rings. The maximum absolute atomic E-state index is 14.5. The van der Waals surface area contributed by atoms with E-state index in [9.17, 15) is 20.0 Å². The Morgan fingerprint density at radius 2 is 2.00 bits per heavy atom. The van der Waals surface area contributed by atoms with Crippen molar-refractivity contribution in [2.75, 3.05) is 0 Å². The first-order valence-electron chi connectivity index (χ1n) is 9.96. The van der Waals surface area contributed by atoms with E-state index in [4.69, 9.17) is 0 Å². The minimum Gasteiger partial charge on any atom is -0.493 e. The molecule has 9 heteroatoms. The molecule has 0 radical (unpaired) electrons. The number of hydrogen-bond acceptors (Lipinski definition) is 7. The highest BCUT2D eigenvalue weighted by molar-refractivity contribution is 5.97. The summed E-state index contributed by atoms with van der Waals surface area (Å²) in [5.41, 5.74) is 1.97. The third-order valence-electron chi connectivity index (χ3n) is 5.91. The van der Waals surface area contributed by atoms with Crippen LogP contribution in [0.3, 0.4) is 0 Å². The van der Waals surface area contributed by atoms with Gasteiger partial charge in [0.2, 0.25) is 5.88 Å². The second-order valence-electron chi connectivity index (χ2n) is 7.93. The number of hydrogen-bond donors (Lipinski definition) is 1. The lowest BCUT2D eigenvalue weighted by Crippen LogP contribution is -2.47. The van der Waals surface area contributed by atoms with Crippen molar-refractivity contribution >= 4 is 10.9 Å². The molecule has 32 heavy (non-hydrogen) atoms. The van der Waals surface area contributed by atoms with E-state index in [0.29, 0.717) is 35.2 Å². The monoisotopic (exact) mass is 425 g/mol. The molecule has 156 valence electrons. The molecule has 0 spiro atoms. The molecule has 8 nitrogen and oxygen atoms in total. The lowest BCUT2D eigenvalue weighted by atomic mass is 9.68. The molecule has 1 fully saturated rings. The van der Waals surface area contributed by atoms with Gasteiger partial charge in [-0.1, -0.05) is 6.07 Å². The average molecular weight is 425 g/mol. The number of nitriles is 2. The lowest BCUT2D eigenvalue weighted by Gasteiger charge is -2.42. The van der Waals surface area contributed by atoms with E-state index in [2.05, 4.69) is 32.3 Å². The number of rotatable bonds is 4. The van der Waals surface area contributed by atoms with Gasteiger partial charge < -0.3 is 5.11 Å². The molecule has 0 atom stereocenters. The molecule has 1 N–H and O–H groups in total. The van der Waals surface area contributed by atoms with Crippen molar-refractivity contribution in [2.45, 2.75) is 24.8 Å². The fraction of sp³-hybridized carbons (Fsp3) is 0.217. The molecular formula is C23H16FN7O. The maximum Gasteiger partial charge on any atom is 0.211 e. The first-order valence-corrected chi connectivity index (χ1v) is 9.96. The molecule has 1 saturated carbocycles. The van der Waals surface area contributed by atoms with Crippen molar-refractivity contribution in [1.29, 1.82) is 10.5 Å². The zero-order chi connectivity index (χ0) is 22.3. The Balaban J connectivity index is 1.65. The van der Waals surface area contributed by atoms with Gasteiger partial charge in [-0.25, -0.2) is 9.37 Å². The third-order valence-corrected chi connectivity index (χ3v) is 5.91. The molecule has 3 aromatic heterocycles. The second kappa shape index (κ2) is 7.40. The fourth-order valence-electron chi connectivity index (χ4n) is 4.29. The summed E-state index contributed by atoms with van der Waals surface area (Å²) in [5.74, 6) is -0.975. The number of benzene rings is 1. The molecule has 0 amide bonds. The van der Waals surface area contributed by atoms with Crippen LogP contribution in [0.5, 0.6) is 5.88 Å². The van der Waals surface area contributed by atoms with Gasteiger partial charge in [-0.05, 0) is 36.6 Å². The van der Waals surface area contributed by atoms with Crippen molar-refractivity contribution < 1.29 is 9.50 Å². The topological polar surface area (TPSA) is 124 Å². The average Bonchev–Trinajstić information content (AvgIpc) is 3.27. The molecule has 0 saturated heterocycles. The number of halogens is 1. The van der Waals surface area contributed by atoms with Crippen LogP contribution in [0.1, 0.15) is 19.3 Å². The highest BCUT2D eigenvalue weighted by Crippen LogP contribution is 2.45. The number of aromatic nitrogens is 5. The van der Waals surface area contributed by atoms with Crippen LogP contribution in [-0.2, 0) is 5.54 Å². The zero-order valence-electron chi connectivity index (χ0n) is 16.8. The second-order valence-corrected chi connectivity index (χ2v) is 7.93.